The molecule has 0 fully saturated rings. The molecule has 0 aliphatic rings. The van der Waals surface area contributed by atoms with E-state index in [0.29, 0.717) is 6.42 Å². The fourth-order valence-electron chi connectivity index (χ4n) is 1.86. The monoisotopic (exact) mass is 285 g/mol. The molecule has 0 radical (unpaired) electrons. The molecule has 3 heteroatoms. The Morgan fingerprint density at radius 2 is 1.85 bits per heavy atom. The van der Waals surface area contributed by atoms with Gasteiger partial charge < -0.3 is 5.32 Å². The van der Waals surface area contributed by atoms with Crippen molar-refractivity contribution >= 4 is 23.4 Å². The number of aryl methyl sites for hydroxylation is 2. The normalized spacial score (nSPS) is 10.3. The highest BCUT2D eigenvalue weighted by molar-refractivity contribution is 7.99. The number of rotatable bonds is 5. The van der Waals surface area contributed by atoms with E-state index in [1.54, 1.807) is 11.8 Å². The highest BCUT2D eigenvalue weighted by atomic mass is 32.2. The molecule has 0 spiro atoms. The highest BCUT2D eigenvalue weighted by Gasteiger charge is 2.04. The molecular weight excluding hydrogens is 266 g/mol. The van der Waals surface area contributed by atoms with E-state index in [-0.39, 0.29) is 5.91 Å². The average molecular weight is 285 g/mol. The van der Waals surface area contributed by atoms with Gasteiger partial charge in [0.1, 0.15) is 0 Å². The number of benzene rings is 2. The summed E-state index contributed by atoms with van der Waals surface area (Å²) in [4.78, 5) is 13.1. The van der Waals surface area contributed by atoms with Crippen LogP contribution in [0.3, 0.4) is 0 Å². The minimum atomic E-state index is 0.0639. The lowest BCUT2D eigenvalue weighted by molar-refractivity contribution is -0.115. The Kier molecular flexibility index (Phi) is 5.24. The van der Waals surface area contributed by atoms with E-state index in [2.05, 4.69) is 37.4 Å². The fourth-order valence-corrected chi connectivity index (χ4v) is 2.93. The number of nitrogens with one attached hydrogen (secondary N) is 1. The summed E-state index contributed by atoms with van der Waals surface area (Å²) in [5.41, 5.74) is 3.38. The van der Waals surface area contributed by atoms with Crippen LogP contribution >= 0.6 is 11.8 Å². The summed E-state index contributed by atoms with van der Waals surface area (Å²) in [6.07, 6.45) is 0.521. The second kappa shape index (κ2) is 7.15. The SMILES string of the molecule is Cc1ccc(C)c(SCCC(=O)Nc2ccccc2)c1. The summed E-state index contributed by atoms with van der Waals surface area (Å²) in [6, 6.07) is 16.0. The van der Waals surface area contributed by atoms with Gasteiger partial charge in [-0.1, -0.05) is 35.9 Å². The van der Waals surface area contributed by atoms with Gasteiger partial charge in [-0.05, 0) is 37.6 Å². The van der Waals surface area contributed by atoms with Crippen molar-refractivity contribution in [3.63, 3.8) is 0 Å². The van der Waals surface area contributed by atoms with Crippen LogP contribution in [0.25, 0.3) is 0 Å². The molecule has 0 aliphatic heterocycles. The number of para-hydroxylation sites is 1. The van der Waals surface area contributed by atoms with Gasteiger partial charge in [0.2, 0.25) is 5.91 Å². The van der Waals surface area contributed by atoms with E-state index < -0.39 is 0 Å². The van der Waals surface area contributed by atoms with Crippen molar-refractivity contribution in [2.24, 2.45) is 0 Å². The van der Waals surface area contributed by atoms with E-state index in [1.807, 2.05) is 30.3 Å². The standard InChI is InChI=1S/C17H19NOS/c1-13-8-9-14(2)16(12-13)20-11-10-17(19)18-15-6-4-3-5-7-15/h3-9,12H,10-11H2,1-2H3,(H,18,19). The average Bonchev–Trinajstić information content (AvgIpc) is 2.44. The Hall–Kier alpha value is -1.74. The third kappa shape index (κ3) is 4.42. The summed E-state index contributed by atoms with van der Waals surface area (Å²) < 4.78 is 0. The van der Waals surface area contributed by atoms with Gasteiger partial charge in [0.05, 0.1) is 0 Å². The van der Waals surface area contributed by atoms with Crippen LogP contribution in [0.5, 0.6) is 0 Å². The Morgan fingerprint density at radius 1 is 1.10 bits per heavy atom. The number of hydrogen-bond donors (Lipinski definition) is 1. The number of carbonyl (C=O) groups is 1. The zero-order valence-electron chi connectivity index (χ0n) is 11.8. The Morgan fingerprint density at radius 3 is 2.60 bits per heavy atom. The minimum absolute atomic E-state index is 0.0639. The van der Waals surface area contributed by atoms with Gasteiger partial charge in [0.15, 0.2) is 0 Å². The fraction of sp³-hybridized carbons (Fsp3) is 0.235. The smallest absolute Gasteiger partial charge is 0.225 e. The first-order chi connectivity index (χ1) is 9.65. The maximum atomic E-state index is 11.8. The third-order valence-electron chi connectivity index (χ3n) is 2.99. The molecule has 0 bridgehead atoms. The van der Waals surface area contributed by atoms with Gasteiger partial charge >= 0.3 is 0 Å². The van der Waals surface area contributed by atoms with Crippen molar-refractivity contribution in [1.82, 2.24) is 0 Å². The molecule has 2 aromatic carbocycles. The molecule has 20 heavy (non-hydrogen) atoms. The zero-order valence-corrected chi connectivity index (χ0v) is 12.7. The Labute approximate surface area is 124 Å². The van der Waals surface area contributed by atoms with Crippen LogP contribution < -0.4 is 5.32 Å². The lowest BCUT2D eigenvalue weighted by Crippen LogP contribution is -2.11. The number of thioether (sulfide) groups is 1. The van der Waals surface area contributed by atoms with Crippen molar-refractivity contribution in [3.8, 4) is 0 Å². The second-order valence-electron chi connectivity index (χ2n) is 4.78. The molecule has 0 unspecified atom stereocenters. The predicted octanol–water partition coefficient (Wildman–Crippen LogP) is 4.42. The lowest BCUT2D eigenvalue weighted by Gasteiger charge is -2.07. The molecular formula is C17H19NOS. The summed E-state index contributed by atoms with van der Waals surface area (Å²) in [7, 11) is 0. The molecule has 0 aliphatic carbocycles. The summed E-state index contributed by atoms with van der Waals surface area (Å²) >= 11 is 1.74. The van der Waals surface area contributed by atoms with Crippen LogP contribution in [0.4, 0.5) is 5.69 Å². The largest absolute Gasteiger partial charge is 0.326 e. The third-order valence-corrected chi connectivity index (χ3v) is 4.15. The number of anilines is 1. The van der Waals surface area contributed by atoms with E-state index in [4.69, 9.17) is 0 Å². The Bertz CT molecular complexity index is 581. The van der Waals surface area contributed by atoms with Crippen molar-refractivity contribution < 1.29 is 4.79 Å². The lowest BCUT2D eigenvalue weighted by atomic mass is 10.2. The number of carbonyl (C=O) groups excluding carboxylic acids is 1. The molecule has 0 aromatic heterocycles. The van der Waals surface area contributed by atoms with Gasteiger partial charge in [-0.15, -0.1) is 11.8 Å². The van der Waals surface area contributed by atoms with Crippen LogP contribution in [0.15, 0.2) is 53.4 Å². The van der Waals surface area contributed by atoms with E-state index >= 15 is 0 Å². The molecule has 1 amide bonds. The van der Waals surface area contributed by atoms with Crippen molar-refractivity contribution in [2.45, 2.75) is 25.2 Å². The summed E-state index contributed by atoms with van der Waals surface area (Å²) in [5, 5.41) is 2.90. The highest BCUT2D eigenvalue weighted by Crippen LogP contribution is 2.24. The number of hydrogen-bond acceptors (Lipinski definition) is 2. The van der Waals surface area contributed by atoms with Crippen molar-refractivity contribution in [3.05, 3.63) is 59.7 Å². The molecule has 2 aromatic rings. The molecule has 104 valence electrons. The molecule has 0 heterocycles. The zero-order chi connectivity index (χ0) is 14.4. The second-order valence-corrected chi connectivity index (χ2v) is 5.92. The molecule has 0 atom stereocenters. The topological polar surface area (TPSA) is 29.1 Å². The van der Waals surface area contributed by atoms with Gasteiger partial charge in [-0.25, -0.2) is 0 Å². The maximum Gasteiger partial charge on any atom is 0.225 e. The van der Waals surface area contributed by atoms with Crippen LogP contribution in [0.2, 0.25) is 0 Å². The quantitative estimate of drug-likeness (QED) is 0.824. The van der Waals surface area contributed by atoms with Gasteiger partial charge in [0, 0.05) is 22.8 Å². The first-order valence-electron chi connectivity index (χ1n) is 6.70. The van der Waals surface area contributed by atoms with Gasteiger partial charge in [-0.3, -0.25) is 4.79 Å². The first kappa shape index (κ1) is 14.7. The van der Waals surface area contributed by atoms with Crippen LogP contribution in [0, 0.1) is 13.8 Å². The molecule has 0 saturated carbocycles. The van der Waals surface area contributed by atoms with Crippen molar-refractivity contribution in [1.29, 1.82) is 0 Å². The van der Waals surface area contributed by atoms with Gasteiger partial charge in [-0.2, -0.15) is 0 Å². The van der Waals surface area contributed by atoms with Gasteiger partial charge in [0.25, 0.3) is 0 Å². The van der Waals surface area contributed by atoms with E-state index in [0.717, 1.165) is 11.4 Å². The van der Waals surface area contributed by atoms with E-state index in [1.165, 1.54) is 16.0 Å². The molecule has 0 saturated heterocycles. The molecule has 2 nitrogen and oxygen atoms in total. The predicted molar refractivity (Wildman–Crippen MR) is 86.3 cm³/mol. The van der Waals surface area contributed by atoms with Crippen molar-refractivity contribution in [2.75, 3.05) is 11.1 Å². The minimum Gasteiger partial charge on any atom is -0.326 e. The van der Waals surface area contributed by atoms with Crippen LogP contribution in [-0.4, -0.2) is 11.7 Å². The summed E-state index contributed by atoms with van der Waals surface area (Å²) in [6.45, 7) is 4.19. The summed E-state index contributed by atoms with van der Waals surface area (Å²) in [5.74, 6) is 0.858. The van der Waals surface area contributed by atoms with Crippen LogP contribution in [0.1, 0.15) is 17.5 Å². The van der Waals surface area contributed by atoms with E-state index in [9.17, 15) is 4.79 Å². The first-order valence-corrected chi connectivity index (χ1v) is 7.68. The Balaban J connectivity index is 1.81. The molecule has 1 N–H and O–H groups in total. The number of amides is 1. The molecule has 2 rings (SSSR count). The van der Waals surface area contributed by atoms with Crippen LogP contribution in [-0.2, 0) is 4.79 Å². The maximum absolute atomic E-state index is 11.8.